The number of rotatable bonds is 2. The number of hydrogen-bond donors (Lipinski definition) is 2. The third-order valence-electron chi connectivity index (χ3n) is 4.02. The number of aromatic nitrogens is 1. The molecule has 1 fully saturated rings. The SMILES string of the molecule is CNC1CCN(C(=O)c2cccc3[nH]ccc23)CC1. The molecule has 2 N–H and O–H groups in total. The zero-order chi connectivity index (χ0) is 13.2. The van der Waals surface area contributed by atoms with Gasteiger partial charge >= 0.3 is 0 Å². The summed E-state index contributed by atoms with van der Waals surface area (Å²) in [6, 6.07) is 8.38. The van der Waals surface area contributed by atoms with Crippen LogP contribution in [0.4, 0.5) is 0 Å². The van der Waals surface area contributed by atoms with Crippen molar-refractivity contribution in [1.29, 1.82) is 0 Å². The van der Waals surface area contributed by atoms with Crippen molar-refractivity contribution < 1.29 is 4.79 Å². The standard InChI is InChI=1S/C15H19N3O/c1-16-11-6-9-18(10-7-11)15(19)13-3-2-4-14-12(13)5-8-17-14/h2-5,8,11,16-17H,6-7,9-10H2,1H3. The number of H-pyrrole nitrogens is 1. The van der Waals surface area contributed by atoms with Crippen molar-refractivity contribution in [2.24, 2.45) is 0 Å². The molecule has 19 heavy (non-hydrogen) atoms. The van der Waals surface area contributed by atoms with Gasteiger partial charge in [-0.05, 0) is 38.1 Å². The van der Waals surface area contributed by atoms with E-state index < -0.39 is 0 Å². The Labute approximate surface area is 112 Å². The van der Waals surface area contributed by atoms with Gasteiger partial charge in [-0.2, -0.15) is 0 Å². The number of piperidine rings is 1. The van der Waals surface area contributed by atoms with Crippen LogP contribution in [-0.4, -0.2) is 42.0 Å². The quantitative estimate of drug-likeness (QED) is 0.864. The molecule has 1 aromatic heterocycles. The molecular formula is C15H19N3O. The van der Waals surface area contributed by atoms with E-state index in [0.717, 1.165) is 42.4 Å². The van der Waals surface area contributed by atoms with Crippen LogP contribution in [0.1, 0.15) is 23.2 Å². The first-order valence-corrected chi connectivity index (χ1v) is 6.82. The van der Waals surface area contributed by atoms with Gasteiger partial charge in [0.1, 0.15) is 0 Å². The molecule has 3 rings (SSSR count). The monoisotopic (exact) mass is 257 g/mol. The summed E-state index contributed by atoms with van der Waals surface area (Å²) in [5, 5.41) is 4.30. The fourth-order valence-electron chi connectivity index (χ4n) is 2.81. The normalized spacial score (nSPS) is 17.0. The Morgan fingerprint density at radius 2 is 2.11 bits per heavy atom. The number of carbonyl (C=O) groups excluding carboxylic acids is 1. The third kappa shape index (κ3) is 2.24. The van der Waals surface area contributed by atoms with E-state index >= 15 is 0 Å². The number of benzene rings is 1. The molecule has 2 aromatic rings. The van der Waals surface area contributed by atoms with Crippen LogP contribution >= 0.6 is 0 Å². The number of amides is 1. The van der Waals surface area contributed by atoms with Crippen LogP contribution in [0.2, 0.25) is 0 Å². The molecule has 1 amide bonds. The molecule has 2 heterocycles. The van der Waals surface area contributed by atoms with E-state index in [0.29, 0.717) is 6.04 Å². The molecule has 1 saturated heterocycles. The van der Waals surface area contributed by atoms with Crippen LogP contribution in [-0.2, 0) is 0 Å². The van der Waals surface area contributed by atoms with Gasteiger partial charge in [-0.1, -0.05) is 6.07 Å². The lowest BCUT2D eigenvalue weighted by molar-refractivity contribution is 0.0709. The van der Waals surface area contributed by atoms with Gasteiger partial charge in [0.05, 0.1) is 0 Å². The van der Waals surface area contributed by atoms with Crippen molar-refractivity contribution in [2.75, 3.05) is 20.1 Å². The van der Waals surface area contributed by atoms with E-state index in [2.05, 4.69) is 10.3 Å². The minimum Gasteiger partial charge on any atom is -0.361 e. The molecule has 100 valence electrons. The van der Waals surface area contributed by atoms with Crippen LogP contribution in [0.25, 0.3) is 10.9 Å². The van der Waals surface area contributed by atoms with E-state index in [1.54, 1.807) is 0 Å². The number of hydrogen-bond acceptors (Lipinski definition) is 2. The number of nitrogens with one attached hydrogen (secondary N) is 2. The number of carbonyl (C=O) groups is 1. The van der Waals surface area contributed by atoms with E-state index in [1.807, 2.05) is 42.4 Å². The Kier molecular flexibility index (Phi) is 3.25. The molecule has 4 heteroatoms. The zero-order valence-corrected chi connectivity index (χ0v) is 11.1. The summed E-state index contributed by atoms with van der Waals surface area (Å²) in [4.78, 5) is 17.7. The molecule has 1 aromatic carbocycles. The van der Waals surface area contributed by atoms with Gasteiger partial charge in [-0.25, -0.2) is 0 Å². The third-order valence-corrected chi connectivity index (χ3v) is 4.02. The van der Waals surface area contributed by atoms with Gasteiger partial charge in [0.2, 0.25) is 0 Å². The Morgan fingerprint density at radius 1 is 1.32 bits per heavy atom. The summed E-state index contributed by atoms with van der Waals surface area (Å²) < 4.78 is 0. The minimum absolute atomic E-state index is 0.153. The second-order valence-corrected chi connectivity index (χ2v) is 5.10. The van der Waals surface area contributed by atoms with Gasteiger partial charge in [0.15, 0.2) is 0 Å². The average Bonchev–Trinajstić information content (AvgIpc) is 2.95. The van der Waals surface area contributed by atoms with Gasteiger partial charge in [-0.15, -0.1) is 0 Å². The topological polar surface area (TPSA) is 48.1 Å². The molecule has 0 bridgehead atoms. The van der Waals surface area contributed by atoms with Crippen LogP contribution in [0.5, 0.6) is 0 Å². The van der Waals surface area contributed by atoms with Crippen molar-refractivity contribution >= 4 is 16.8 Å². The van der Waals surface area contributed by atoms with Crippen molar-refractivity contribution in [3.63, 3.8) is 0 Å². The fraction of sp³-hybridized carbons (Fsp3) is 0.400. The Hall–Kier alpha value is -1.81. The van der Waals surface area contributed by atoms with Gasteiger partial charge < -0.3 is 15.2 Å². The maximum Gasteiger partial charge on any atom is 0.254 e. The van der Waals surface area contributed by atoms with Gasteiger partial charge in [0.25, 0.3) is 5.91 Å². The molecule has 0 spiro atoms. The highest BCUT2D eigenvalue weighted by Gasteiger charge is 2.23. The molecule has 1 aliphatic rings. The highest BCUT2D eigenvalue weighted by Crippen LogP contribution is 2.21. The van der Waals surface area contributed by atoms with E-state index in [-0.39, 0.29) is 5.91 Å². The average molecular weight is 257 g/mol. The molecular weight excluding hydrogens is 238 g/mol. The highest BCUT2D eigenvalue weighted by molar-refractivity contribution is 6.06. The molecule has 0 radical (unpaired) electrons. The van der Waals surface area contributed by atoms with Crippen LogP contribution in [0.3, 0.4) is 0 Å². The zero-order valence-electron chi connectivity index (χ0n) is 11.1. The smallest absolute Gasteiger partial charge is 0.254 e. The number of likely N-dealkylation sites (tertiary alicyclic amines) is 1. The van der Waals surface area contributed by atoms with Crippen molar-refractivity contribution in [2.45, 2.75) is 18.9 Å². The first kappa shape index (κ1) is 12.2. The number of fused-ring (bicyclic) bond motifs is 1. The lowest BCUT2D eigenvalue weighted by Crippen LogP contribution is -2.43. The predicted molar refractivity (Wildman–Crippen MR) is 76.3 cm³/mol. The molecule has 4 nitrogen and oxygen atoms in total. The van der Waals surface area contributed by atoms with Gasteiger partial charge in [0, 0.05) is 41.8 Å². The van der Waals surface area contributed by atoms with E-state index in [1.165, 1.54) is 0 Å². The Bertz CT molecular complexity index is 582. The van der Waals surface area contributed by atoms with E-state index in [4.69, 9.17) is 0 Å². The lowest BCUT2D eigenvalue weighted by atomic mass is 10.0. The summed E-state index contributed by atoms with van der Waals surface area (Å²) >= 11 is 0. The number of nitrogens with zero attached hydrogens (tertiary/aromatic N) is 1. The lowest BCUT2D eigenvalue weighted by Gasteiger charge is -2.32. The first-order chi connectivity index (χ1) is 9.29. The predicted octanol–water partition coefficient (Wildman–Crippen LogP) is 1.99. The summed E-state index contributed by atoms with van der Waals surface area (Å²) in [6.07, 6.45) is 3.95. The second-order valence-electron chi connectivity index (χ2n) is 5.10. The summed E-state index contributed by atoms with van der Waals surface area (Å²) in [6.45, 7) is 1.68. The van der Waals surface area contributed by atoms with Crippen LogP contribution < -0.4 is 5.32 Å². The highest BCUT2D eigenvalue weighted by atomic mass is 16.2. The Morgan fingerprint density at radius 3 is 2.84 bits per heavy atom. The van der Waals surface area contributed by atoms with Crippen LogP contribution in [0, 0.1) is 0 Å². The van der Waals surface area contributed by atoms with Crippen LogP contribution in [0.15, 0.2) is 30.5 Å². The van der Waals surface area contributed by atoms with Gasteiger partial charge in [-0.3, -0.25) is 4.79 Å². The molecule has 0 aliphatic carbocycles. The number of aromatic amines is 1. The fourth-order valence-corrected chi connectivity index (χ4v) is 2.81. The maximum atomic E-state index is 12.6. The summed E-state index contributed by atoms with van der Waals surface area (Å²) in [5.74, 6) is 0.153. The molecule has 0 saturated carbocycles. The summed E-state index contributed by atoms with van der Waals surface area (Å²) in [7, 11) is 1.99. The first-order valence-electron chi connectivity index (χ1n) is 6.82. The largest absolute Gasteiger partial charge is 0.361 e. The van der Waals surface area contributed by atoms with Crippen molar-refractivity contribution in [3.05, 3.63) is 36.0 Å². The summed E-state index contributed by atoms with van der Waals surface area (Å²) in [5.41, 5.74) is 1.83. The van der Waals surface area contributed by atoms with E-state index in [9.17, 15) is 4.79 Å². The Balaban J connectivity index is 1.82. The molecule has 0 unspecified atom stereocenters. The minimum atomic E-state index is 0.153. The molecule has 0 atom stereocenters. The molecule has 1 aliphatic heterocycles. The van der Waals surface area contributed by atoms with Crippen molar-refractivity contribution in [3.8, 4) is 0 Å². The maximum absolute atomic E-state index is 12.6. The van der Waals surface area contributed by atoms with Crippen molar-refractivity contribution in [1.82, 2.24) is 15.2 Å². The second kappa shape index (κ2) is 5.05.